The Morgan fingerprint density at radius 3 is 2.42 bits per heavy atom. The van der Waals surface area contributed by atoms with Crippen molar-refractivity contribution in [1.82, 2.24) is 5.32 Å². The number of anilines is 1. The fourth-order valence-electron chi connectivity index (χ4n) is 4.07. The van der Waals surface area contributed by atoms with Crippen molar-refractivity contribution < 1.29 is 17.9 Å². The average Bonchev–Trinajstić information content (AvgIpc) is 2.63. The molecule has 1 aliphatic heterocycles. The Hall–Kier alpha value is -2.54. The fourth-order valence-corrected chi connectivity index (χ4v) is 5.23. The lowest BCUT2D eigenvalue weighted by Crippen LogP contribution is -2.50. The van der Waals surface area contributed by atoms with Crippen LogP contribution in [0, 0.1) is 20.8 Å². The number of hydrogen-bond acceptors (Lipinski definition) is 4. The van der Waals surface area contributed by atoms with Gasteiger partial charge in [0.2, 0.25) is 15.9 Å². The fraction of sp³-hybridized carbons (Fsp3) is 0.458. The standard InChI is InChI=1S/C24H32N2O4S/c1-15-8-11-22-20(12-15)21(14-24(5,6)30-22)25-23(27)18(4)26(31(7,28)29)19-10-9-16(2)17(3)13-19/h8-13,18,21H,14H2,1-7H3,(H,25,27)/t18-,21+/m0/s1. The van der Waals surface area contributed by atoms with Crippen molar-refractivity contribution in [2.45, 2.75) is 65.6 Å². The van der Waals surface area contributed by atoms with Crippen molar-refractivity contribution in [2.24, 2.45) is 0 Å². The number of carbonyl (C=O) groups excluding carboxylic acids is 1. The van der Waals surface area contributed by atoms with Gasteiger partial charge in [0.1, 0.15) is 17.4 Å². The number of nitrogens with one attached hydrogen (secondary N) is 1. The summed E-state index contributed by atoms with van der Waals surface area (Å²) in [5.74, 6) is 0.396. The van der Waals surface area contributed by atoms with Crippen LogP contribution < -0.4 is 14.4 Å². The van der Waals surface area contributed by atoms with Gasteiger partial charge in [-0.25, -0.2) is 8.42 Å². The van der Waals surface area contributed by atoms with Crippen LogP contribution in [-0.2, 0) is 14.8 Å². The molecule has 1 amide bonds. The third-order valence-corrected chi connectivity index (χ3v) is 7.01. The number of nitrogens with zero attached hydrogens (tertiary/aromatic N) is 1. The molecule has 3 rings (SSSR count). The molecule has 2 aromatic carbocycles. The van der Waals surface area contributed by atoms with Gasteiger partial charge in [-0.05, 0) is 70.9 Å². The summed E-state index contributed by atoms with van der Waals surface area (Å²) in [4.78, 5) is 13.3. The molecule has 168 valence electrons. The first-order valence-corrected chi connectivity index (χ1v) is 12.3. The van der Waals surface area contributed by atoms with E-state index in [1.54, 1.807) is 19.1 Å². The zero-order valence-corrected chi connectivity index (χ0v) is 20.1. The van der Waals surface area contributed by atoms with Crippen LogP contribution in [0.5, 0.6) is 5.75 Å². The molecule has 0 saturated carbocycles. The average molecular weight is 445 g/mol. The number of benzene rings is 2. The van der Waals surface area contributed by atoms with Gasteiger partial charge in [0, 0.05) is 12.0 Å². The highest BCUT2D eigenvalue weighted by Gasteiger charge is 2.37. The number of sulfonamides is 1. The van der Waals surface area contributed by atoms with Crippen molar-refractivity contribution in [2.75, 3.05) is 10.6 Å². The van der Waals surface area contributed by atoms with Gasteiger partial charge >= 0.3 is 0 Å². The number of fused-ring (bicyclic) bond motifs is 1. The smallest absolute Gasteiger partial charge is 0.244 e. The van der Waals surface area contributed by atoms with E-state index in [1.165, 1.54) is 4.31 Å². The van der Waals surface area contributed by atoms with Gasteiger partial charge in [-0.2, -0.15) is 0 Å². The number of rotatable bonds is 5. The second-order valence-corrected chi connectivity index (χ2v) is 11.0. The summed E-state index contributed by atoms with van der Waals surface area (Å²) in [6, 6.07) is 10.1. The minimum atomic E-state index is -3.67. The van der Waals surface area contributed by atoms with Crippen molar-refractivity contribution in [1.29, 1.82) is 0 Å². The van der Waals surface area contributed by atoms with Crippen LogP contribution in [0.15, 0.2) is 36.4 Å². The van der Waals surface area contributed by atoms with E-state index in [2.05, 4.69) is 5.32 Å². The van der Waals surface area contributed by atoms with Gasteiger partial charge in [-0.15, -0.1) is 0 Å². The molecular formula is C24H32N2O4S. The Labute approximate surface area is 185 Å². The van der Waals surface area contributed by atoms with Crippen LogP contribution >= 0.6 is 0 Å². The molecule has 2 atom stereocenters. The lowest BCUT2D eigenvalue weighted by molar-refractivity contribution is -0.123. The Balaban J connectivity index is 1.92. The summed E-state index contributed by atoms with van der Waals surface area (Å²) >= 11 is 0. The number of amides is 1. The van der Waals surface area contributed by atoms with Gasteiger partial charge < -0.3 is 10.1 Å². The SMILES string of the molecule is Cc1ccc2c(c1)[C@H](NC(=O)[C@H](C)N(c1ccc(C)c(C)c1)S(C)(=O)=O)CC(C)(C)O2. The largest absolute Gasteiger partial charge is 0.487 e. The maximum atomic E-state index is 13.3. The summed E-state index contributed by atoms with van der Waals surface area (Å²) < 4.78 is 32.6. The van der Waals surface area contributed by atoms with Crippen LogP contribution in [0.1, 0.15) is 55.5 Å². The van der Waals surface area contributed by atoms with E-state index in [1.807, 2.05) is 58.9 Å². The number of aryl methyl sites for hydroxylation is 3. The monoisotopic (exact) mass is 444 g/mol. The molecule has 0 bridgehead atoms. The molecule has 6 nitrogen and oxygen atoms in total. The van der Waals surface area contributed by atoms with Crippen LogP contribution in [0.4, 0.5) is 5.69 Å². The summed E-state index contributed by atoms with van der Waals surface area (Å²) in [7, 11) is -3.67. The number of ether oxygens (including phenoxy) is 1. The van der Waals surface area contributed by atoms with E-state index < -0.39 is 21.7 Å². The summed E-state index contributed by atoms with van der Waals surface area (Å²) in [5, 5.41) is 3.08. The van der Waals surface area contributed by atoms with E-state index in [9.17, 15) is 13.2 Å². The molecule has 0 aromatic heterocycles. The second kappa shape index (κ2) is 8.19. The summed E-state index contributed by atoms with van der Waals surface area (Å²) in [6.45, 7) is 11.5. The predicted molar refractivity (Wildman–Crippen MR) is 124 cm³/mol. The molecular weight excluding hydrogens is 412 g/mol. The van der Waals surface area contributed by atoms with Crippen molar-refractivity contribution >= 4 is 21.6 Å². The van der Waals surface area contributed by atoms with Crippen LogP contribution in [0.25, 0.3) is 0 Å². The third-order valence-electron chi connectivity index (χ3n) is 5.77. The highest BCUT2D eigenvalue weighted by Crippen LogP contribution is 2.40. The lowest BCUT2D eigenvalue weighted by atomic mass is 9.89. The molecule has 0 spiro atoms. The first-order chi connectivity index (χ1) is 14.3. The highest BCUT2D eigenvalue weighted by molar-refractivity contribution is 7.92. The molecule has 1 N–H and O–H groups in total. The van der Waals surface area contributed by atoms with Crippen molar-refractivity contribution in [3.8, 4) is 5.75 Å². The predicted octanol–water partition coefficient (Wildman–Crippen LogP) is 4.18. The van der Waals surface area contributed by atoms with Crippen LogP contribution in [0.3, 0.4) is 0 Å². The van der Waals surface area contributed by atoms with Gasteiger partial charge in [0.15, 0.2) is 0 Å². The molecule has 2 aromatic rings. The van der Waals surface area contributed by atoms with E-state index in [0.717, 1.165) is 34.3 Å². The Morgan fingerprint density at radius 2 is 1.81 bits per heavy atom. The maximum absolute atomic E-state index is 13.3. The molecule has 1 aliphatic rings. The molecule has 31 heavy (non-hydrogen) atoms. The zero-order chi connectivity index (χ0) is 23.1. The summed E-state index contributed by atoms with van der Waals surface area (Å²) in [6.07, 6.45) is 1.71. The molecule has 1 heterocycles. The van der Waals surface area contributed by atoms with Gasteiger partial charge in [-0.1, -0.05) is 23.8 Å². The Bertz CT molecular complexity index is 1110. The third kappa shape index (κ3) is 5.03. The summed E-state index contributed by atoms with van der Waals surface area (Å²) in [5.41, 5.74) is 4.05. The Morgan fingerprint density at radius 1 is 1.13 bits per heavy atom. The maximum Gasteiger partial charge on any atom is 0.244 e. The van der Waals surface area contributed by atoms with Crippen molar-refractivity contribution in [3.63, 3.8) is 0 Å². The van der Waals surface area contributed by atoms with E-state index in [4.69, 9.17) is 4.74 Å². The zero-order valence-electron chi connectivity index (χ0n) is 19.3. The molecule has 0 unspecified atom stereocenters. The molecule has 0 fully saturated rings. The molecule has 0 saturated heterocycles. The van der Waals surface area contributed by atoms with Crippen LogP contribution in [0.2, 0.25) is 0 Å². The molecule has 7 heteroatoms. The molecule has 0 aliphatic carbocycles. The van der Waals surface area contributed by atoms with E-state index in [0.29, 0.717) is 12.1 Å². The lowest BCUT2D eigenvalue weighted by Gasteiger charge is -2.39. The van der Waals surface area contributed by atoms with E-state index in [-0.39, 0.29) is 11.9 Å². The minimum Gasteiger partial charge on any atom is -0.487 e. The first-order valence-electron chi connectivity index (χ1n) is 10.4. The van der Waals surface area contributed by atoms with Gasteiger partial charge in [0.05, 0.1) is 18.0 Å². The van der Waals surface area contributed by atoms with Crippen molar-refractivity contribution in [3.05, 3.63) is 58.7 Å². The normalized spacial score (nSPS) is 18.5. The number of carbonyl (C=O) groups is 1. The topological polar surface area (TPSA) is 75.7 Å². The van der Waals surface area contributed by atoms with Crippen LogP contribution in [-0.4, -0.2) is 32.2 Å². The van der Waals surface area contributed by atoms with E-state index >= 15 is 0 Å². The number of hydrogen-bond donors (Lipinski definition) is 1. The first kappa shape index (κ1) is 23.1. The molecule has 0 radical (unpaired) electrons. The van der Waals surface area contributed by atoms with Gasteiger partial charge in [0.25, 0.3) is 0 Å². The highest BCUT2D eigenvalue weighted by atomic mass is 32.2. The Kier molecular flexibility index (Phi) is 6.11. The second-order valence-electron chi connectivity index (χ2n) is 9.17. The quantitative estimate of drug-likeness (QED) is 0.750. The van der Waals surface area contributed by atoms with Gasteiger partial charge in [-0.3, -0.25) is 9.10 Å². The minimum absolute atomic E-state index is 0.269.